The van der Waals surface area contributed by atoms with E-state index in [1.54, 1.807) is 18.2 Å². The molecule has 1 atom stereocenters. The second-order valence-electron chi connectivity index (χ2n) is 3.74. The summed E-state index contributed by atoms with van der Waals surface area (Å²) in [4.78, 5) is 24.6. The predicted octanol–water partition coefficient (Wildman–Crippen LogP) is 0.319. The summed E-state index contributed by atoms with van der Waals surface area (Å²) in [5, 5.41) is 2.70. The molecule has 1 aliphatic rings. The Labute approximate surface area is 93.2 Å². The number of benzene rings is 1. The van der Waals surface area contributed by atoms with Crippen LogP contribution in [0.3, 0.4) is 0 Å². The molecule has 0 aliphatic carbocycles. The molecule has 0 saturated carbocycles. The zero-order chi connectivity index (χ0) is 11.7. The van der Waals surface area contributed by atoms with Crippen LogP contribution in [0.2, 0.25) is 0 Å². The summed E-state index contributed by atoms with van der Waals surface area (Å²) in [5.74, 6) is -0.393. The van der Waals surface area contributed by atoms with Gasteiger partial charge in [-0.1, -0.05) is 12.1 Å². The Morgan fingerprint density at radius 2 is 2.19 bits per heavy atom. The van der Waals surface area contributed by atoms with E-state index in [1.807, 2.05) is 6.07 Å². The summed E-state index contributed by atoms with van der Waals surface area (Å²) in [6.45, 7) is 1.66. The third-order valence-corrected chi connectivity index (χ3v) is 2.55. The number of anilines is 2. The normalized spacial score (nSPS) is 19.8. The maximum atomic E-state index is 11.6. The van der Waals surface area contributed by atoms with Gasteiger partial charge in [-0.2, -0.15) is 0 Å². The number of hydrogen-bond donors (Lipinski definition) is 2. The predicted molar refractivity (Wildman–Crippen MR) is 61.1 cm³/mol. The molecule has 5 heteroatoms. The molecule has 3 N–H and O–H groups in total. The molecule has 0 aromatic heterocycles. The molecular formula is C11H13N3O2. The number of nitrogens with two attached hydrogens (primary N) is 1. The van der Waals surface area contributed by atoms with Gasteiger partial charge in [-0.15, -0.1) is 0 Å². The summed E-state index contributed by atoms with van der Waals surface area (Å²) in [7, 11) is 0. The molecule has 1 aliphatic heterocycles. The first-order valence-corrected chi connectivity index (χ1v) is 5.03. The van der Waals surface area contributed by atoms with Crippen molar-refractivity contribution in [1.82, 2.24) is 0 Å². The number of para-hydroxylation sites is 2. The number of carbonyl (C=O) groups excluding carboxylic acids is 2. The van der Waals surface area contributed by atoms with Crippen molar-refractivity contribution in [2.45, 2.75) is 13.0 Å². The monoisotopic (exact) mass is 219 g/mol. The molecule has 16 heavy (non-hydrogen) atoms. The number of rotatable bonds is 0. The van der Waals surface area contributed by atoms with Crippen LogP contribution in [-0.4, -0.2) is 24.4 Å². The van der Waals surface area contributed by atoms with E-state index in [9.17, 15) is 9.59 Å². The molecule has 0 saturated heterocycles. The Bertz CT molecular complexity index is 445. The standard InChI is InChI=1S/C11H13N3O2/c1-7(15)14-6-8(12)11(16)13-9-4-2-3-5-10(9)14/h2-5,8H,6,12H2,1H3,(H,13,16). The minimum Gasteiger partial charge on any atom is -0.323 e. The number of hydrogen-bond acceptors (Lipinski definition) is 3. The highest BCUT2D eigenvalue weighted by molar-refractivity contribution is 6.05. The van der Waals surface area contributed by atoms with Gasteiger partial charge in [0.15, 0.2) is 0 Å². The van der Waals surface area contributed by atoms with E-state index in [2.05, 4.69) is 5.32 Å². The van der Waals surface area contributed by atoms with Crippen molar-refractivity contribution in [3.63, 3.8) is 0 Å². The molecule has 5 nitrogen and oxygen atoms in total. The Hall–Kier alpha value is -1.88. The van der Waals surface area contributed by atoms with Crippen molar-refractivity contribution in [1.29, 1.82) is 0 Å². The second kappa shape index (κ2) is 3.94. The maximum Gasteiger partial charge on any atom is 0.243 e. The summed E-state index contributed by atoms with van der Waals surface area (Å²) in [6.07, 6.45) is 0. The topological polar surface area (TPSA) is 75.4 Å². The van der Waals surface area contributed by atoms with Crippen molar-refractivity contribution in [2.24, 2.45) is 5.73 Å². The highest BCUT2D eigenvalue weighted by Crippen LogP contribution is 2.27. The van der Waals surface area contributed by atoms with Crippen LogP contribution in [0.15, 0.2) is 24.3 Å². The molecule has 1 aromatic carbocycles. The smallest absolute Gasteiger partial charge is 0.243 e. The first-order valence-electron chi connectivity index (χ1n) is 5.03. The van der Waals surface area contributed by atoms with Crippen molar-refractivity contribution in [3.05, 3.63) is 24.3 Å². The van der Waals surface area contributed by atoms with Crippen LogP contribution in [0.1, 0.15) is 6.92 Å². The van der Waals surface area contributed by atoms with Crippen LogP contribution in [0.5, 0.6) is 0 Å². The lowest BCUT2D eigenvalue weighted by Gasteiger charge is -2.21. The molecule has 0 fully saturated rings. The number of nitrogens with one attached hydrogen (secondary N) is 1. The molecule has 2 rings (SSSR count). The van der Waals surface area contributed by atoms with Crippen molar-refractivity contribution < 1.29 is 9.59 Å². The fourth-order valence-electron chi connectivity index (χ4n) is 1.72. The van der Waals surface area contributed by atoms with E-state index < -0.39 is 6.04 Å². The third kappa shape index (κ3) is 1.77. The molecule has 1 aromatic rings. The van der Waals surface area contributed by atoms with Crippen molar-refractivity contribution in [3.8, 4) is 0 Å². The molecular weight excluding hydrogens is 206 g/mol. The van der Waals surface area contributed by atoms with Gasteiger partial charge in [0.2, 0.25) is 11.8 Å². The lowest BCUT2D eigenvalue weighted by molar-refractivity contribution is -0.117. The molecule has 2 amide bonds. The fraction of sp³-hybridized carbons (Fsp3) is 0.273. The maximum absolute atomic E-state index is 11.6. The van der Waals surface area contributed by atoms with E-state index >= 15 is 0 Å². The number of amides is 2. The quantitative estimate of drug-likeness (QED) is 0.659. The van der Waals surface area contributed by atoms with Gasteiger partial charge in [-0.05, 0) is 12.1 Å². The molecule has 0 radical (unpaired) electrons. The van der Waals surface area contributed by atoms with Crippen molar-refractivity contribution in [2.75, 3.05) is 16.8 Å². The van der Waals surface area contributed by atoms with E-state index in [1.165, 1.54) is 11.8 Å². The van der Waals surface area contributed by atoms with Gasteiger partial charge in [0.1, 0.15) is 6.04 Å². The lowest BCUT2D eigenvalue weighted by Crippen LogP contribution is -2.44. The SMILES string of the molecule is CC(=O)N1CC(N)C(=O)Nc2ccccc21. The zero-order valence-corrected chi connectivity index (χ0v) is 8.93. The van der Waals surface area contributed by atoms with Crippen LogP contribution in [0.25, 0.3) is 0 Å². The minimum atomic E-state index is -0.698. The van der Waals surface area contributed by atoms with E-state index in [0.29, 0.717) is 11.4 Å². The summed E-state index contributed by atoms with van der Waals surface area (Å²) < 4.78 is 0. The van der Waals surface area contributed by atoms with Gasteiger partial charge in [-0.3, -0.25) is 9.59 Å². The number of nitrogens with zero attached hydrogens (tertiary/aromatic N) is 1. The van der Waals surface area contributed by atoms with E-state index in [0.717, 1.165) is 0 Å². The molecule has 1 heterocycles. The van der Waals surface area contributed by atoms with Gasteiger partial charge >= 0.3 is 0 Å². The van der Waals surface area contributed by atoms with Crippen LogP contribution >= 0.6 is 0 Å². The molecule has 0 spiro atoms. The van der Waals surface area contributed by atoms with E-state index in [-0.39, 0.29) is 18.4 Å². The van der Waals surface area contributed by atoms with E-state index in [4.69, 9.17) is 5.73 Å². The first kappa shape index (κ1) is 10.6. The summed E-state index contributed by atoms with van der Waals surface area (Å²) in [5.41, 5.74) is 6.99. The number of carbonyl (C=O) groups is 2. The Kier molecular flexibility index (Phi) is 2.62. The Morgan fingerprint density at radius 3 is 2.88 bits per heavy atom. The van der Waals surface area contributed by atoms with Gasteiger partial charge < -0.3 is 16.0 Å². The second-order valence-corrected chi connectivity index (χ2v) is 3.74. The first-order chi connectivity index (χ1) is 7.59. The third-order valence-electron chi connectivity index (χ3n) is 2.55. The zero-order valence-electron chi connectivity index (χ0n) is 8.93. The average molecular weight is 219 g/mol. The van der Waals surface area contributed by atoms with Crippen LogP contribution in [0.4, 0.5) is 11.4 Å². The summed E-state index contributed by atoms with van der Waals surface area (Å²) >= 11 is 0. The highest BCUT2D eigenvalue weighted by atomic mass is 16.2. The molecule has 84 valence electrons. The number of fused-ring (bicyclic) bond motifs is 1. The van der Waals surface area contributed by atoms with Crippen LogP contribution in [0, 0.1) is 0 Å². The van der Waals surface area contributed by atoms with Crippen LogP contribution < -0.4 is 16.0 Å². The summed E-state index contributed by atoms with van der Waals surface area (Å²) in [6, 6.07) is 6.46. The minimum absolute atomic E-state index is 0.126. The van der Waals surface area contributed by atoms with Crippen LogP contribution in [-0.2, 0) is 9.59 Å². The lowest BCUT2D eigenvalue weighted by atomic mass is 10.2. The van der Waals surface area contributed by atoms with Gasteiger partial charge in [-0.25, -0.2) is 0 Å². The van der Waals surface area contributed by atoms with Crippen molar-refractivity contribution >= 4 is 23.2 Å². The fourth-order valence-corrected chi connectivity index (χ4v) is 1.72. The Morgan fingerprint density at radius 1 is 1.50 bits per heavy atom. The largest absolute Gasteiger partial charge is 0.323 e. The average Bonchev–Trinajstić information content (AvgIpc) is 2.37. The molecule has 0 bridgehead atoms. The Balaban J connectivity index is 2.49. The van der Waals surface area contributed by atoms with Gasteiger partial charge in [0.25, 0.3) is 0 Å². The highest BCUT2D eigenvalue weighted by Gasteiger charge is 2.26. The van der Waals surface area contributed by atoms with Gasteiger partial charge in [0.05, 0.1) is 17.9 Å². The molecule has 1 unspecified atom stereocenters. The van der Waals surface area contributed by atoms with Gasteiger partial charge in [0, 0.05) is 6.92 Å².